The molecule has 0 aromatic heterocycles. The number of nitrogens with one attached hydrogen (secondary N) is 2. The Balaban J connectivity index is 0.00000110. The van der Waals surface area contributed by atoms with E-state index in [2.05, 4.69) is 19.9 Å². The summed E-state index contributed by atoms with van der Waals surface area (Å²) in [7, 11) is -3.56. The monoisotopic (exact) mass is 352 g/mol. The molecule has 0 saturated carbocycles. The smallest absolute Gasteiger partial charge is 0.286 e. The van der Waals surface area contributed by atoms with Crippen LogP contribution in [-0.4, -0.2) is 51.9 Å². The molecule has 2 N–H and O–H groups in total. The molecule has 0 unspecified atom stereocenters. The Morgan fingerprint density at radius 2 is 1.81 bits per heavy atom. The number of hydrogen-bond acceptors (Lipinski definition) is 5. The molecule has 1 aromatic rings. The number of fused-ring (bicyclic) bond motifs is 1. The maximum absolute atomic E-state index is 12.1. The normalized spacial score (nSPS) is 20.1. The summed E-state index contributed by atoms with van der Waals surface area (Å²) in [5.41, 5.74) is 0.614. The lowest BCUT2D eigenvalue weighted by Crippen LogP contribution is -2.47. The van der Waals surface area contributed by atoms with Gasteiger partial charge in [0.2, 0.25) is 0 Å². The van der Waals surface area contributed by atoms with Crippen LogP contribution in [0.2, 0.25) is 0 Å². The third kappa shape index (κ3) is 4.08. The molecular formula is C12H18Cl2N4O2S. The maximum atomic E-state index is 12.1. The van der Waals surface area contributed by atoms with E-state index >= 15 is 0 Å². The van der Waals surface area contributed by atoms with E-state index in [0.29, 0.717) is 18.1 Å². The van der Waals surface area contributed by atoms with Gasteiger partial charge < -0.3 is 10.6 Å². The summed E-state index contributed by atoms with van der Waals surface area (Å²) in [5.74, 6) is 0.501. The molecule has 3 rings (SSSR count). The van der Waals surface area contributed by atoms with Crippen molar-refractivity contribution in [2.75, 3.05) is 38.0 Å². The first-order chi connectivity index (χ1) is 9.15. The fraction of sp³-hybridized carbons (Fsp3) is 0.417. The number of amidine groups is 1. The predicted molar refractivity (Wildman–Crippen MR) is 88.5 cm³/mol. The third-order valence-electron chi connectivity index (χ3n) is 3.26. The third-order valence-corrected chi connectivity index (χ3v) is 4.63. The van der Waals surface area contributed by atoms with Crippen LogP contribution in [0.15, 0.2) is 33.6 Å². The van der Waals surface area contributed by atoms with Crippen LogP contribution in [0, 0.1) is 0 Å². The highest BCUT2D eigenvalue weighted by Crippen LogP contribution is 2.26. The molecule has 0 bridgehead atoms. The number of piperazine rings is 1. The van der Waals surface area contributed by atoms with E-state index in [1.807, 2.05) is 6.07 Å². The van der Waals surface area contributed by atoms with E-state index in [4.69, 9.17) is 0 Å². The Morgan fingerprint density at radius 3 is 2.52 bits per heavy atom. The van der Waals surface area contributed by atoms with Crippen molar-refractivity contribution in [2.45, 2.75) is 4.90 Å². The van der Waals surface area contributed by atoms with Crippen molar-refractivity contribution in [3.8, 4) is 0 Å². The second-order valence-corrected chi connectivity index (χ2v) is 6.23. The van der Waals surface area contributed by atoms with Gasteiger partial charge in [-0.05, 0) is 12.1 Å². The second-order valence-electron chi connectivity index (χ2n) is 4.66. The molecule has 9 heteroatoms. The van der Waals surface area contributed by atoms with Gasteiger partial charge in [-0.15, -0.1) is 29.2 Å². The van der Waals surface area contributed by atoms with Gasteiger partial charge in [0.25, 0.3) is 10.0 Å². The van der Waals surface area contributed by atoms with Crippen LogP contribution < -0.4 is 10.6 Å². The number of anilines is 1. The molecule has 6 nitrogen and oxygen atoms in total. The maximum Gasteiger partial charge on any atom is 0.286 e. The number of rotatable bonds is 2. The summed E-state index contributed by atoms with van der Waals surface area (Å²) in [5, 5.41) is 6.37. The van der Waals surface area contributed by atoms with E-state index in [-0.39, 0.29) is 29.7 Å². The van der Waals surface area contributed by atoms with Crippen molar-refractivity contribution < 1.29 is 8.42 Å². The van der Waals surface area contributed by atoms with E-state index < -0.39 is 10.0 Å². The summed E-state index contributed by atoms with van der Waals surface area (Å²) in [6.07, 6.45) is 0. The predicted octanol–water partition coefficient (Wildman–Crippen LogP) is 0.948. The molecule has 2 aliphatic heterocycles. The lowest BCUT2D eigenvalue weighted by atomic mass is 10.3. The minimum atomic E-state index is -3.56. The van der Waals surface area contributed by atoms with Crippen molar-refractivity contribution in [2.24, 2.45) is 4.40 Å². The molecule has 0 atom stereocenters. The van der Waals surface area contributed by atoms with E-state index in [9.17, 15) is 8.42 Å². The van der Waals surface area contributed by atoms with Gasteiger partial charge in [0.15, 0.2) is 0 Å². The Labute approximate surface area is 136 Å². The van der Waals surface area contributed by atoms with E-state index in [1.165, 1.54) is 0 Å². The van der Waals surface area contributed by atoms with Gasteiger partial charge in [0.1, 0.15) is 10.7 Å². The van der Waals surface area contributed by atoms with E-state index in [1.54, 1.807) is 18.2 Å². The molecule has 0 aliphatic carbocycles. The molecule has 1 fully saturated rings. The van der Waals surface area contributed by atoms with Crippen molar-refractivity contribution >= 4 is 46.4 Å². The van der Waals surface area contributed by atoms with Gasteiger partial charge in [0, 0.05) is 26.2 Å². The zero-order valence-corrected chi connectivity index (χ0v) is 13.7. The van der Waals surface area contributed by atoms with Crippen molar-refractivity contribution in [1.29, 1.82) is 0 Å². The number of benzene rings is 1. The molecule has 0 spiro atoms. The Kier molecular flexibility index (Phi) is 6.42. The number of para-hydroxylation sites is 1. The summed E-state index contributed by atoms with van der Waals surface area (Å²) >= 11 is 0. The molecule has 118 valence electrons. The first kappa shape index (κ1) is 18.2. The first-order valence-corrected chi connectivity index (χ1v) is 7.72. The van der Waals surface area contributed by atoms with Gasteiger partial charge in [-0.3, -0.25) is 4.90 Å². The quantitative estimate of drug-likeness (QED) is 0.828. The minimum absolute atomic E-state index is 0. The zero-order chi connectivity index (χ0) is 13.3. The lowest BCUT2D eigenvalue weighted by Gasteiger charge is -2.28. The van der Waals surface area contributed by atoms with Crippen molar-refractivity contribution in [3.63, 3.8) is 0 Å². The fourth-order valence-electron chi connectivity index (χ4n) is 2.32. The average molecular weight is 353 g/mol. The second kappa shape index (κ2) is 7.42. The molecule has 0 amide bonds. The van der Waals surface area contributed by atoms with Crippen molar-refractivity contribution in [3.05, 3.63) is 24.3 Å². The van der Waals surface area contributed by atoms with Gasteiger partial charge >= 0.3 is 0 Å². The highest BCUT2D eigenvalue weighted by molar-refractivity contribution is 7.90. The fourth-order valence-corrected chi connectivity index (χ4v) is 3.46. The average Bonchev–Trinajstić information content (AvgIpc) is 2.39. The SMILES string of the molecule is Cl.Cl.O=S1(=O)N=C(CN2CCNCC2)Nc2ccccc21. The van der Waals surface area contributed by atoms with Crippen LogP contribution in [-0.2, 0) is 10.0 Å². The summed E-state index contributed by atoms with van der Waals surface area (Å²) in [6, 6.07) is 6.85. The highest BCUT2D eigenvalue weighted by atomic mass is 35.5. The number of sulfonamides is 1. The summed E-state index contributed by atoms with van der Waals surface area (Å²) in [6.45, 7) is 4.20. The molecule has 2 heterocycles. The minimum Gasteiger partial charge on any atom is -0.341 e. The molecular weight excluding hydrogens is 335 g/mol. The first-order valence-electron chi connectivity index (χ1n) is 6.28. The van der Waals surface area contributed by atoms with Gasteiger partial charge in [-0.25, -0.2) is 0 Å². The number of halogens is 2. The Bertz CT molecular complexity index is 615. The summed E-state index contributed by atoms with van der Waals surface area (Å²) in [4.78, 5) is 2.44. The van der Waals surface area contributed by atoms with Crippen LogP contribution in [0.25, 0.3) is 0 Å². The molecule has 1 saturated heterocycles. The standard InChI is InChI=1S/C12H16N4O2S.2ClH/c17-19(18)11-4-2-1-3-10(11)14-12(15-19)9-16-7-5-13-6-8-16;;/h1-4,13H,5-9H2,(H,14,15);2*1H. The molecule has 2 aliphatic rings. The Hall–Kier alpha value is -0.860. The van der Waals surface area contributed by atoms with Crippen LogP contribution in [0.3, 0.4) is 0 Å². The van der Waals surface area contributed by atoms with Crippen LogP contribution in [0.5, 0.6) is 0 Å². The molecule has 0 radical (unpaired) electrons. The molecule has 1 aromatic carbocycles. The van der Waals surface area contributed by atoms with Crippen LogP contribution >= 0.6 is 24.8 Å². The van der Waals surface area contributed by atoms with Gasteiger partial charge in [0.05, 0.1) is 12.2 Å². The van der Waals surface area contributed by atoms with Crippen molar-refractivity contribution in [1.82, 2.24) is 10.2 Å². The number of hydrogen-bond donors (Lipinski definition) is 2. The van der Waals surface area contributed by atoms with Crippen LogP contribution in [0.4, 0.5) is 5.69 Å². The van der Waals surface area contributed by atoms with Crippen LogP contribution in [0.1, 0.15) is 0 Å². The van der Waals surface area contributed by atoms with E-state index in [0.717, 1.165) is 26.2 Å². The van der Waals surface area contributed by atoms with Gasteiger partial charge in [-0.2, -0.15) is 8.42 Å². The topological polar surface area (TPSA) is 73.8 Å². The Morgan fingerprint density at radius 1 is 1.14 bits per heavy atom. The highest BCUT2D eigenvalue weighted by Gasteiger charge is 2.25. The number of nitrogens with zero attached hydrogens (tertiary/aromatic N) is 2. The summed E-state index contributed by atoms with van der Waals surface area (Å²) < 4.78 is 28.0. The zero-order valence-electron chi connectivity index (χ0n) is 11.3. The molecule has 21 heavy (non-hydrogen) atoms. The van der Waals surface area contributed by atoms with Gasteiger partial charge in [-0.1, -0.05) is 12.1 Å². The lowest BCUT2D eigenvalue weighted by molar-refractivity contribution is 0.272. The largest absolute Gasteiger partial charge is 0.341 e.